The minimum Gasteiger partial charge on any atom is -0.340 e. The molecule has 0 aliphatic carbocycles. The van der Waals surface area contributed by atoms with Gasteiger partial charge in [0.1, 0.15) is 5.01 Å². The molecule has 8 heteroatoms. The van der Waals surface area contributed by atoms with Gasteiger partial charge in [-0.3, -0.25) is 13.9 Å². The number of aryl methyl sites for hydroxylation is 3. The molecule has 0 radical (unpaired) electrons. The second-order valence-electron chi connectivity index (χ2n) is 7.76. The van der Waals surface area contributed by atoms with Crippen LogP contribution in [-0.2, 0) is 20.6 Å². The molecule has 4 heterocycles. The van der Waals surface area contributed by atoms with Crippen molar-refractivity contribution < 1.29 is 0 Å². The summed E-state index contributed by atoms with van der Waals surface area (Å²) in [7, 11) is 3.31. The number of thioether (sulfide) groups is 1. The molecule has 0 saturated carbocycles. The van der Waals surface area contributed by atoms with Gasteiger partial charge in [0.25, 0.3) is 5.56 Å². The zero-order chi connectivity index (χ0) is 21.2. The Morgan fingerprint density at radius 1 is 1.13 bits per heavy atom. The average Bonchev–Trinajstić information content (AvgIpc) is 3.32. The summed E-state index contributed by atoms with van der Waals surface area (Å²) in [4.78, 5) is 30.9. The van der Waals surface area contributed by atoms with E-state index in [4.69, 9.17) is 4.98 Å². The number of fused-ring (bicyclic) bond motifs is 3. The van der Waals surface area contributed by atoms with E-state index in [-0.39, 0.29) is 16.5 Å². The Morgan fingerprint density at radius 2 is 1.93 bits per heavy atom. The standard InChI is InChI=1S/C22H22N4O2S2/c1-12-6-5-7-14(10-12)16-15-17(24(3)22(28)25(4)21(15)27)18-19(29-9-8-26(16)18)20-23-13(2)11-30-20/h5-7,10-11,19H,8-9H2,1-4H3. The van der Waals surface area contributed by atoms with Gasteiger partial charge in [-0.15, -0.1) is 23.1 Å². The summed E-state index contributed by atoms with van der Waals surface area (Å²) in [5, 5.41) is 3.68. The maximum Gasteiger partial charge on any atom is 0.331 e. The van der Waals surface area contributed by atoms with Crippen molar-refractivity contribution in [1.29, 1.82) is 0 Å². The van der Waals surface area contributed by atoms with E-state index in [1.54, 1.807) is 30.0 Å². The van der Waals surface area contributed by atoms with E-state index in [0.717, 1.165) is 51.0 Å². The normalized spacial score (nSPS) is 16.2. The van der Waals surface area contributed by atoms with Gasteiger partial charge in [-0.1, -0.05) is 23.8 Å². The Bertz CT molecular complexity index is 1420. The van der Waals surface area contributed by atoms with Gasteiger partial charge in [0.15, 0.2) is 0 Å². The zero-order valence-electron chi connectivity index (χ0n) is 17.3. The fourth-order valence-corrected chi connectivity index (χ4v) is 6.62. The molecule has 0 N–H and O–H groups in total. The van der Waals surface area contributed by atoms with Gasteiger partial charge in [0, 0.05) is 37.5 Å². The number of hydrogen-bond acceptors (Lipinski definition) is 5. The molecule has 1 unspecified atom stereocenters. The van der Waals surface area contributed by atoms with Crippen LogP contribution in [0.15, 0.2) is 39.2 Å². The van der Waals surface area contributed by atoms with Crippen molar-refractivity contribution in [2.24, 2.45) is 14.1 Å². The SMILES string of the molecule is Cc1cccc(-c2c3c(=O)n(C)c(=O)n(C)c3c3n2CCSC3c2nc(C)cs2)c1. The molecule has 30 heavy (non-hydrogen) atoms. The molecule has 1 atom stereocenters. The Kier molecular flexibility index (Phi) is 4.52. The monoisotopic (exact) mass is 438 g/mol. The molecule has 0 saturated heterocycles. The van der Waals surface area contributed by atoms with Crippen LogP contribution in [0.25, 0.3) is 22.2 Å². The first-order valence-electron chi connectivity index (χ1n) is 9.81. The molecule has 0 bridgehead atoms. The van der Waals surface area contributed by atoms with Crippen molar-refractivity contribution >= 4 is 34.0 Å². The maximum absolute atomic E-state index is 13.4. The lowest BCUT2D eigenvalue weighted by Gasteiger charge is -2.25. The van der Waals surface area contributed by atoms with Crippen molar-refractivity contribution in [2.75, 3.05) is 5.75 Å². The number of aromatic nitrogens is 4. The maximum atomic E-state index is 13.4. The first-order chi connectivity index (χ1) is 14.4. The highest BCUT2D eigenvalue weighted by molar-refractivity contribution is 7.99. The summed E-state index contributed by atoms with van der Waals surface area (Å²) >= 11 is 3.46. The summed E-state index contributed by atoms with van der Waals surface area (Å²) in [6, 6.07) is 8.22. The van der Waals surface area contributed by atoms with Gasteiger partial charge >= 0.3 is 5.69 Å². The van der Waals surface area contributed by atoms with Crippen LogP contribution in [0.3, 0.4) is 0 Å². The zero-order valence-corrected chi connectivity index (χ0v) is 18.9. The predicted molar refractivity (Wildman–Crippen MR) is 124 cm³/mol. The van der Waals surface area contributed by atoms with Crippen LogP contribution >= 0.6 is 23.1 Å². The van der Waals surface area contributed by atoms with E-state index in [9.17, 15) is 9.59 Å². The summed E-state index contributed by atoms with van der Waals surface area (Å²) in [6.07, 6.45) is 0. The number of rotatable bonds is 2. The molecule has 154 valence electrons. The lowest BCUT2D eigenvalue weighted by atomic mass is 10.1. The number of nitrogens with zero attached hydrogens (tertiary/aromatic N) is 4. The highest BCUT2D eigenvalue weighted by Crippen LogP contribution is 2.46. The van der Waals surface area contributed by atoms with Crippen LogP contribution in [0, 0.1) is 13.8 Å². The van der Waals surface area contributed by atoms with Gasteiger partial charge in [0.2, 0.25) is 0 Å². The largest absolute Gasteiger partial charge is 0.340 e. The average molecular weight is 439 g/mol. The van der Waals surface area contributed by atoms with Gasteiger partial charge in [-0.05, 0) is 25.5 Å². The van der Waals surface area contributed by atoms with Gasteiger partial charge in [-0.25, -0.2) is 9.78 Å². The van der Waals surface area contributed by atoms with E-state index in [0.29, 0.717) is 5.39 Å². The Balaban J connectivity index is 1.97. The minimum absolute atomic E-state index is 0.00350. The fourth-order valence-electron chi connectivity index (χ4n) is 4.35. The lowest BCUT2D eigenvalue weighted by molar-refractivity contribution is 0.699. The third kappa shape index (κ3) is 2.74. The first kappa shape index (κ1) is 19.4. The number of benzene rings is 1. The van der Waals surface area contributed by atoms with E-state index in [2.05, 4.69) is 29.0 Å². The van der Waals surface area contributed by atoms with Crippen molar-refractivity contribution in [2.45, 2.75) is 25.6 Å². The molecule has 1 aliphatic heterocycles. The molecule has 0 spiro atoms. The summed E-state index contributed by atoms with van der Waals surface area (Å²) in [6.45, 7) is 4.83. The molecule has 0 fully saturated rings. The first-order valence-corrected chi connectivity index (χ1v) is 11.7. The second kappa shape index (κ2) is 6.99. The molecule has 4 aromatic rings. The minimum atomic E-state index is -0.304. The van der Waals surface area contributed by atoms with E-state index < -0.39 is 0 Å². The smallest absolute Gasteiger partial charge is 0.331 e. The Morgan fingerprint density at radius 3 is 2.63 bits per heavy atom. The highest BCUT2D eigenvalue weighted by atomic mass is 32.2. The predicted octanol–water partition coefficient (Wildman–Crippen LogP) is 3.62. The topological polar surface area (TPSA) is 61.8 Å². The molecule has 3 aromatic heterocycles. The van der Waals surface area contributed by atoms with Crippen LogP contribution in [0.5, 0.6) is 0 Å². The molecule has 5 rings (SSSR count). The molecular weight excluding hydrogens is 416 g/mol. The Labute approximate surface area is 181 Å². The van der Waals surface area contributed by atoms with Crippen LogP contribution in [0.1, 0.15) is 27.2 Å². The quantitative estimate of drug-likeness (QED) is 0.480. The lowest BCUT2D eigenvalue weighted by Crippen LogP contribution is -2.37. The third-order valence-corrected chi connectivity index (χ3v) is 8.08. The number of hydrogen-bond donors (Lipinski definition) is 0. The van der Waals surface area contributed by atoms with Crippen molar-refractivity contribution in [1.82, 2.24) is 18.7 Å². The van der Waals surface area contributed by atoms with E-state index in [1.165, 1.54) is 4.57 Å². The number of thiazole rings is 1. The molecular formula is C22H22N4O2S2. The molecule has 1 aromatic carbocycles. The molecule has 1 aliphatic rings. The van der Waals surface area contributed by atoms with Gasteiger partial charge in [0.05, 0.1) is 27.5 Å². The van der Waals surface area contributed by atoms with Crippen LogP contribution in [0.4, 0.5) is 0 Å². The van der Waals surface area contributed by atoms with E-state index >= 15 is 0 Å². The van der Waals surface area contributed by atoms with Gasteiger partial charge in [-0.2, -0.15) is 0 Å². The third-order valence-electron chi connectivity index (χ3n) is 5.71. The van der Waals surface area contributed by atoms with Crippen molar-refractivity contribution in [3.8, 4) is 11.3 Å². The second-order valence-corrected chi connectivity index (χ2v) is 9.86. The molecule has 0 amide bonds. The van der Waals surface area contributed by atoms with Crippen molar-refractivity contribution in [3.63, 3.8) is 0 Å². The van der Waals surface area contributed by atoms with Crippen LogP contribution < -0.4 is 11.2 Å². The fraction of sp³-hybridized carbons (Fsp3) is 0.318. The van der Waals surface area contributed by atoms with Gasteiger partial charge < -0.3 is 4.57 Å². The molecule has 6 nitrogen and oxygen atoms in total. The summed E-state index contributed by atoms with van der Waals surface area (Å²) < 4.78 is 5.09. The van der Waals surface area contributed by atoms with Crippen LogP contribution in [0.2, 0.25) is 0 Å². The van der Waals surface area contributed by atoms with E-state index in [1.807, 2.05) is 30.8 Å². The summed E-state index contributed by atoms with van der Waals surface area (Å²) in [5.41, 5.74) is 5.21. The highest BCUT2D eigenvalue weighted by Gasteiger charge is 2.34. The van der Waals surface area contributed by atoms with Crippen molar-refractivity contribution in [3.05, 3.63) is 72.4 Å². The summed E-state index contributed by atoms with van der Waals surface area (Å²) in [5.74, 6) is 0.921. The van der Waals surface area contributed by atoms with Crippen LogP contribution in [-0.4, -0.2) is 24.4 Å². The Hall–Kier alpha value is -2.58.